The first-order chi connectivity index (χ1) is 9.78. The molecule has 0 saturated carbocycles. The van der Waals surface area contributed by atoms with Gasteiger partial charge in [0.05, 0.1) is 19.8 Å². The van der Waals surface area contributed by atoms with Crippen molar-refractivity contribution in [2.75, 3.05) is 19.0 Å². The minimum atomic E-state index is -0.113. The zero-order valence-electron chi connectivity index (χ0n) is 12.0. The molecule has 2 rings (SSSR count). The molecular weight excluding hydrogens is 250 g/mol. The monoisotopic (exact) mass is 271 g/mol. The molecule has 1 unspecified atom stereocenters. The molecule has 0 amide bonds. The molecular formula is C17H21NO2. The molecule has 0 bridgehead atoms. The quantitative estimate of drug-likeness (QED) is 0.846. The summed E-state index contributed by atoms with van der Waals surface area (Å²) in [5.41, 5.74) is 3.33. The van der Waals surface area contributed by atoms with E-state index in [1.165, 1.54) is 5.56 Å². The van der Waals surface area contributed by atoms with Crippen LogP contribution < -0.4 is 10.1 Å². The summed E-state index contributed by atoms with van der Waals surface area (Å²) >= 11 is 0. The van der Waals surface area contributed by atoms with E-state index in [9.17, 15) is 5.11 Å². The van der Waals surface area contributed by atoms with Crippen LogP contribution in [0.5, 0.6) is 5.75 Å². The van der Waals surface area contributed by atoms with Crippen molar-refractivity contribution in [3.05, 3.63) is 59.7 Å². The number of benzene rings is 2. The Morgan fingerprint density at radius 1 is 1.15 bits per heavy atom. The number of aliphatic hydroxyl groups excluding tert-OH is 1. The van der Waals surface area contributed by atoms with Gasteiger partial charge in [-0.1, -0.05) is 37.3 Å². The Morgan fingerprint density at radius 3 is 2.65 bits per heavy atom. The van der Waals surface area contributed by atoms with Gasteiger partial charge in [-0.05, 0) is 29.7 Å². The second kappa shape index (κ2) is 6.96. The van der Waals surface area contributed by atoms with Crippen molar-refractivity contribution >= 4 is 5.69 Å². The Kier molecular flexibility index (Phi) is 5.02. The van der Waals surface area contributed by atoms with Crippen LogP contribution in [0.15, 0.2) is 48.5 Å². The minimum Gasteiger partial charge on any atom is -0.497 e. The number of aryl methyl sites for hydroxylation is 1. The number of nitrogens with one attached hydrogen (secondary N) is 1. The van der Waals surface area contributed by atoms with Crippen molar-refractivity contribution in [1.82, 2.24) is 0 Å². The summed E-state index contributed by atoms with van der Waals surface area (Å²) < 4.78 is 5.22. The molecule has 2 aromatic carbocycles. The lowest BCUT2D eigenvalue weighted by molar-refractivity contribution is 0.276. The van der Waals surface area contributed by atoms with Gasteiger partial charge in [-0.15, -0.1) is 0 Å². The van der Waals surface area contributed by atoms with Gasteiger partial charge in [0, 0.05) is 11.8 Å². The zero-order valence-corrected chi connectivity index (χ0v) is 12.0. The van der Waals surface area contributed by atoms with E-state index in [0.717, 1.165) is 23.4 Å². The van der Waals surface area contributed by atoms with E-state index >= 15 is 0 Å². The predicted octanol–water partition coefficient (Wildman–Crippen LogP) is 3.40. The maximum absolute atomic E-state index is 9.69. The van der Waals surface area contributed by atoms with Gasteiger partial charge < -0.3 is 15.2 Å². The first kappa shape index (κ1) is 14.4. The minimum absolute atomic E-state index is 0.0498. The normalized spacial score (nSPS) is 11.9. The van der Waals surface area contributed by atoms with Crippen molar-refractivity contribution in [2.45, 2.75) is 19.4 Å². The molecule has 0 saturated heterocycles. The first-order valence-corrected chi connectivity index (χ1v) is 6.87. The Hall–Kier alpha value is -2.00. The molecule has 0 aliphatic rings. The molecule has 0 heterocycles. The SMILES string of the molecule is CCc1ccccc1C(CO)Nc1cccc(OC)c1. The number of hydrogen-bond donors (Lipinski definition) is 2. The van der Waals surface area contributed by atoms with Crippen LogP contribution in [0.25, 0.3) is 0 Å². The van der Waals surface area contributed by atoms with Gasteiger partial charge in [0.2, 0.25) is 0 Å². The molecule has 0 aromatic heterocycles. The fourth-order valence-electron chi connectivity index (χ4n) is 2.33. The number of ether oxygens (including phenoxy) is 1. The number of aliphatic hydroxyl groups is 1. The van der Waals surface area contributed by atoms with Crippen LogP contribution in [0.3, 0.4) is 0 Å². The van der Waals surface area contributed by atoms with Gasteiger partial charge in [0.15, 0.2) is 0 Å². The van der Waals surface area contributed by atoms with Crippen molar-refractivity contribution in [3.63, 3.8) is 0 Å². The van der Waals surface area contributed by atoms with Gasteiger partial charge in [-0.3, -0.25) is 0 Å². The van der Waals surface area contributed by atoms with E-state index in [-0.39, 0.29) is 12.6 Å². The van der Waals surface area contributed by atoms with Crippen LogP contribution >= 0.6 is 0 Å². The Morgan fingerprint density at radius 2 is 1.95 bits per heavy atom. The van der Waals surface area contributed by atoms with Crippen LogP contribution in [0, 0.1) is 0 Å². The summed E-state index contributed by atoms with van der Waals surface area (Å²) in [7, 11) is 1.65. The van der Waals surface area contributed by atoms with Crippen molar-refractivity contribution in [1.29, 1.82) is 0 Å². The van der Waals surface area contributed by atoms with Crippen LogP contribution in [-0.4, -0.2) is 18.8 Å². The number of rotatable bonds is 6. The molecule has 3 nitrogen and oxygen atoms in total. The van der Waals surface area contributed by atoms with Gasteiger partial charge in [-0.25, -0.2) is 0 Å². The smallest absolute Gasteiger partial charge is 0.120 e. The molecule has 0 radical (unpaired) electrons. The second-order valence-corrected chi connectivity index (χ2v) is 4.66. The third kappa shape index (κ3) is 3.31. The molecule has 0 aliphatic carbocycles. The van der Waals surface area contributed by atoms with Gasteiger partial charge in [0.1, 0.15) is 5.75 Å². The third-order valence-corrected chi connectivity index (χ3v) is 3.40. The van der Waals surface area contributed by atoms with Gasteiger partial charge >= 0.3 is 0 Å². The average molecular weight is 271 g/mol. The molecule has 20 heavy (non-hydrogen) atoms. The third-order valence-electron chi connectivity index (χ3n) is 3.40. The molecule has 106 valence electrons. The Balaban J connectivity index is 2.24. The number of methoxy groups -OCH3 is 1. The standard InChI is InChI=1S/C17H21NO2/c1-3-13-7-4-5-10-16(13)17(12-19)18-14-8-6-9-15(11-14)20-2/h4-11,17-19H,3,12H2,1-2H3. The summed E-state index contributed by atoms with van der Waals surface area (Å²) in [5, 5.41) is 13.1. The van der Waals surface area contributed by atoms with Crippen LogP contribution in [0.4, 0.5) is 5.69 Å². The molecule has 0 fully saturated rings. The topological polar surface area (TPSA) is 41.5 Å². The summed E-state index contributed by atoms with van der Waals surface area (Å²) in [4.78, 5) is 0. The zero-order chi connectivity index (χ0) is 14.4. The molecule has 0 aliphatic heterocycles. The highest BCUT2D eigenvalue weighted by molar-refractivity contribution is 5.50. The van der Waals surface area contributed by atoms with E-state index in [1.807, 2.05) is 36.4 Å². The molecule has 3 heteroatoms. The molecule has 0 spiro atoms. The average Bonchev–Trinajstić information content (AvgIpc) is 2.52. The predicted molar refractivity (Wildman–Crippen MR) is 82.3 cm³/mol. The van der Waals surface area contributed by atoms with Crippen LogP contribution in [0.2, 0.25) is 0 Å². The Bertz CT molecular complexity index is 554. The highest BCUT2D eigenvalue weighted by atomic mass is 16.5. The van der Waals surface area contributed by atoms with E-state index in [0.29, 0.717) is 0 Å². The molecule has 1 atom stereocenters. The largest absolute Gasteiger partial charge is 0.497 e. The van der Waals surface area contributed by atoms with Crippen molar-refractivity contribution in [2.24, 2.45) is 0 Å². The fourth-order valence-corrected chi connectivity index (χ4v) is 2.33. The van der Waals surface area contributed by atoms with Crippen LogP contribution in [0.1, 0.15) is 24.1 Å². The lowest BCUT2D eigenvalue weighted by Crippen LogP contribution is -2.16. The summed E-state index contributed by atoms with van der Waals surface area (Å²) in [5.74, 6) is 0.801. The molecule has 2 aromatic rings. The lowest BCUT2D eigenvalue weighted by atomic mass is 9.99. The first-order valence-electron chi connectivity index (χ1n) is 6.87. The van der Waals surface area contributed by atoms with E-state index < -0.39 is 0 Å². The van der Waals surface area contributed by atoms with E-state index in [4.69, 9.17) is 4.74 Å². The van der Waals surface area contributed by atoms with E-state index in [2.05, 4.69) is 24.4 Å². The maximum atomic E-state index is 9.69. The highest BCUT2D eigenvalue weighted by Gasteiger charge is 2.13. The van der Waals surface area contributed by atoms with Crippen LogP contribution in [-0.2, 0) is 6.42 Å². The Labute approximate surface area is 120 Å². The van der Waals surface area contributed by atoms with E-state index in [1.54, 1.807) is 7.11 Å². The van der Waals surface area contributed by atoms with Crippen molar-refractivity contribution in [3.8, 4) is 5.75 Å². The summed E-state index contributed by atoms with van der Waals surface area (Å²) in [6.45, 7) is 2.17. The highest BCUT2D eigenvalue weighted by Crippen LogP contribution is 2.25. The van der Waals surface area contributed by atoms with Gasteiger partial charge in [-0.2, -0.15) is 0 Å². The molecule has 2 N–H and O–H groups in total. The number of hydrogen-bond acceptors (Lipinski definition) is 3. The maximum Gasteiger partial charge on any atom is 0.120 e. The summed E-state index contributed by atoms with van der Waals surface area (Å²) in [6, 6.07) is 15.8. The second-order valence-electron chi connectivity index (χ2n) is 4.66. The number of anilines is 1. The fraction of sp³-hybridized carbons (Fsp3) is 0.294. The van der Waals surface area contributed by atoms with Crippen molar-refractivity contribution < 1.29 is 9.84 Å². The summed E-state index contributed by atoms with van der Waals surface area (Å²) in [6.07, 6.45) is 0.951. The van der Waals surface area contributed by atoms with Gasteiger partial charge in [0.25, 0.3) is 0 Å². The lowest BCUT2D eigenvalue weighted by Gasteiger charge is -2.21.